The van der Waals surface area contributed by atoms with E-state index in [-0.39, 0.29) is 5.69 Å². The third-order valence-electron chi connectivity index (χ3n) is 7.73. The number of amides is 3. The second-order valence-electron chi connectivity index (χ2n) is 9.49. The number of non-ortho nitro benzene ring substituents is 1. The number of nitrogens with one attached hydrogen (secondary N) is 1. The Morgan fingerprint density at radius 2 is 1.27 bits per heavy atom. The molecule has 37 heavy (non-hydrogen) atoms. The van der Waals surface area contributed by atoms with Gasteiger partial charge in [0.25, 0.3) is 5.69 Å². The molecule has 3 aliphatic carbocycles. The number of carbonyl (C=O) groups excluding carboxylic acids is 3. The van der Waals surface area contributed by atoms with Crippen molar-refractivity contribution in [1.82, 2.24) is 4.90 Å². The molecule has 3 aromatic carbocycles. The van der Waals surface area contributed by atoms with E-state index in [0.717, 1.165) is 4.90 Å². The van der Waals surface area contributed by atoms with Gasteiger partial charge in [-0.15, -0.1) is 23.2 Å². The maximum absolute atomic E-state index is 13.9. The van der Waals surface area contributed by atoms with Crippen molar-refractivity contribution in [3.63, 3.8) is 0 Å². The van der Waals surface area contributed by atoms with Gasteiger partial charge in [-0.1, -0.05) is 48.5 Å². The number of imide groups is 1. The van der Waals surface area contributed by atoms with Crippen LogP contribution in [0.15, 0.2) is 72.8 Å². The first-order chi connectivity index (χ1) is 17.6. The first-order valence-electron chi connectivity index (χ1n) is 11.6. The highest BCUT2D eigenvalue weighted by Gasteiger charge is 2.73. The summed E-state index contributed by atoms with van der Waals surface area (Å²) in [6.45, 7) is 1.46. The van der Waals surface area contributed by atoms with Crippen LogP contribution < -0.4 is 5.32 Å². The number of anilines is 1. The fourth-order valence-corrected chi connectivity index (χ4v) is 7.20. The van der Waals surface area contributed by atoms with E-state index in [4.69, 9.17) is 23.2 Å². The molecule has 0 spiro atoms. The fraction of sp³-hybridized carbons (Fsp3) is 0.222. The van der Waals surface area contributed by atoms with E-state index in [2.05, 4.69) is 5.32 Å². The predicted octanol–water partition coefficient (Wildman–Crippen LogP) is 4.52. The number of alkyl halides is 2. The van der Waals surface area contributed by atoms with Crippen molar-refractivity contribution in [2.45, 2.75) is 22.7 Å². The zero-order chi connectivity index (χ0) is 26.3. The number of carbonyl (C=O) groups is 3. The molecule has 1 fully saturated rings. The molecular weight excluding hydrogens is 517 g/mol. The lowest BCUT2D eigenvalue weighted by Gasteiger charge is -2.54. The first-order valence-corrected chi connectivity index (χ1v) is 12.4. The lowest BCUT2D eigenvalue weighted by Crippen LogP contribution is -2.57. The summed E-state index contributed by atoms with van der Waals surface area (Å²) in [7, 11) is 0. The van der Waals surface area contributed by atoms with Crippen LogP contribution in [-0.2, 0) is 24.1 Å². The van der Waals surface area contributed by atoms with Crippen molar-refractivity contribution in [3.05, 3.63) is 105 Å². The zero-order valence-corrected chi connectivity index (χ0v) is 20.9. The minimum Gasteiger partial charge on any atom is -0.324 e. The van der Waals surface area contributed by atoms with Gasteiger partial charge in [-0.3, -0.25) is 29.4 Å². The summed E-state index contributed by atoms with van der Waals surface area (Å²) in [4.78, 5) is 49.7. The van der Waals surface area contributed by atoms with Gasteiger partial charge in [0.1, 0.15) is 15.8 Å². The smallest absolute Gasteiger partial charge is 0.269 e. The second-order valence-corrected chi connectivity index (χ2v) is 10.7. The highest BCUT2D eigenvalue weighted by molar-refractivity contribution is 6.36. The van der Waals surface area contributed by atoms with E-state index >= 15 is 0 Å². The van der Waals surface area contributed by atoms with E-state index in [0.29, 0.717) is 27.9 Å². The Hall–Kier alpha value is -3.75. The molecule has 1 saturated heterocycles. The van der Waals surface area contributed by atoms with Crippen molar-refractivity contribution < 1.29 is 19.3 Å². The minimum absolute atomic E-state index is 0.130. The normalized spacial score (nSPS) is 27.8. The van der Waals surface area contributed by atoms with Gasteiger partial charge >= 0.3 is 0 Å². The van der Waals surface area contributed by atoms with E-state index in [1.165, 1.54) is 31.2 Å². The summed E-state index contributed by atoms with van der Waals surface area (Å²) in [5, 5.41) is 13.5. The molecular formula is C27H19Cl2N3O5. The summed E-state index contributed by atoms with van der Waals surface area (Å²) in [6.07, 6.45) is 0. The molecule has 3 aromatic rings. The molecule has 3 amide bonds. The fourth-order valence-electron chi connectivity index (χ4n) is 6.10. The van der Waals surface area contributed by atoms with Crippen LogP contribution in [0.5, 0.6) is 0 Å². The third-order valence-corrected chi connectivity index (χ3v) is 9.02. The van der Waals surface area contributed by atoms with Crippen molar-refractivity contribution >= 4 is 52.3 Å². The van der Waals surface area contributed by atoms with Gasteiger partial charge in [-0.05, 0) is 41.3 Å². The molecule has 186 valence electrons. The molecule has 3 atom stereocenters. The van der Waals surface area contributed by atoms with Crippen LogP contribution in [0.2, 0.25) is 0 Å². The lowest BCUT2D eigenvalue weighted by molar-refractivity contribution is -0.384. The van der Waals surface area contributed by atoms with Crippen molar-refractivity contribution in [2.24, 2.45) is 11.8 Å². The molecule has 1 heterocycles. The molecule has 0 radical (unpaired) electrons. The van der Waals surface area contributed by atoms with Gasteiger partial charge in [0.2, 0.25) is 17.7 Å². The topological polar surface area (TPSA) is 110 Å². The Kier molecular flexibility index (Phi) is 5.03. The van der Waals surface area contributed by atoms with Crippen LogP contribution >= 0.6 is 23.2 Å². The first kappa shape index (κ1) is 23.6. The van der Waals surface area contributed by atoms with E-state index in [1.807, 2.05) is 48.5 Å². The number of halogens is 2. The highest BCUT2D eigenvalue weighted by atomic mass is 35.5. The van der Waals surface area contributed by atoms with Crippen LogP contribution in [0.25, 0.3) is 0 Å². The molecule has 1 aliphatic heterocycles. The Balaban J connectivity index is 1.40. The molecule has 0 unspecified atom stereocenters. The lowest BCUT2D eigenvalue weighted by atomic mass is 9.54. The summed E-state index contributed by atoms with van der Waals surface area (Å²) in [5.41, 5.74) is 2.88. The standard InChI is InChI=1S/C27H19Cl2N3O5/c1-14(23(33)30-15-10-12-16(13-11-15)32(36)37)31-24(34)21-22(25(31)35)27(29)18-7-3-2-6-17(18)26(21,28)19-8-4-5-9-20(19)27/h2-14,21-22H,1H3,(H,30,33)/t14-,21+,22+,26?,27?/m1/s1. The van der Waals surface area contributed by atoms with Gasteiger partial charge in [-0.25, -0.2) is 0 Å². The second kappa shape index (κ2) is 7.87. The number of hydrogen-bond donors (Lipinski definition) is 1. The number of hydrogen-bond acceptors (Lipinski definition) is 5. The summed E-state index contributed by atoms with van der Waals surface area (Å²) in [6, 6.07) is 18.7. The van der Waals surface area contributed by atoms with Crippen LogP contribution in [0.3, 0.4) is 0 Å². The molecule has 1 N–H and O–H groups in total. The average molecular weight is 536 g/mol. The zero-order valence-electron chi connectivity index (χ0n) is 19.4. The van der Waals surface area contributed by atoms with Gasteiger partial charge in [0, 0.05) is 17.8 Å². The quantitative estimate of drug-likeness (QED) is 0.228. The Labute approximate surface area is 221 Å². The third kappa shape index (κ3) is 2.94. The summed E-state index contributed by atoms with van der Waals surface area (Å²) < 4.78 is 0. The number of likely N-dealkylation sites (tertiary alicyclic amines) is 1. The van der Waals surface area contributed by atoms with Crippen LogP contribution in [0.1, 0.15) is 29.2 Å². The van der Waals surface area contributed by atoms with Gasteiger partial charge in [0.05, 0.1) is 16.8 Å². The number of nitro benzene ring substituents is 1. The maximum atomic E-state index is 13.9. The summed E-state index contributed by atoms with van der Waals surface area (Å²) in [5.74, 6) is -3.75. The Bertz CT molecular complexity index is 1400. The molecule has 2 bridgehead atoms. The van der Waals surface area contributed by atoms with Gasteiger partial charge < -0.3 is 5.32 Å². The molecule has 0 aromatic heterocycles. The highest BCUT2D eigenvalue weighted by Crippen LogP contribution is 2.69. The molecule has 0 saturated carbocycles. The largest absolute Gasteiger partial charge is 0.324 e. The van der Waals surface area contributed by atoms with Gasteiger partial charge in [-0.2, -0.15) is 0 Å². The van der Waals surface area contributed by atoms with Gasteiger partial charge in [0.15, 0.2) is 0 Å². The van der Waals surface area contributed by atoms with E-state index in [9.17, 15) is 24.5 Å². The van der Waals surface area contributed by atoms with Crippen molar-refractivity contribution in [1.29, 1.82) is 0 Å². The molecule has 8 nitrogen and oxygen atoms in total. The number of nitrogens with zero attached hydrogens (tertiary/aromatic N) is 2. The maximum Gasteiger partial charge on any atom is 0.269 e. The number of nitro groups is 1. The summed E-state index contributed by atoms with van der Waals surface area (Å²) >= 11 is 14.8. The molecule has 4 aliphatic rings. The SMILES string of the molecule is C[C@H](C(=O)Nc1ccc([N+](=O)[O-])cc1)N1C(=O)[C@@H]2[C@@H](C1=O)C1(Cl)c3ccccc3C2(Cl)c2ccccc21. The Morgan fingerprint density at radius 3 is 1.65 bits per heavy atom. The monoisotopic (exact) mass is 535 g/mol. The average Bonchev–Trinajstić information content (AvgIpc) is 3.18. The molecule has 7 rings (SSSR count). The van der Waals surface area contributed by atoms with Crippen LogP contribution in [0.4, 0.5) is 11.4 Å². The van der Waals surface area contributed by atoms with Crippen LogP contribution in [-0.4, -0.2) is 33.6 Å². The number of benzene rings is 3. The predicted molar refractivity (Wildman–Crippen MR) is 136 cm³/mol. The minimum atomic E-state index is -1.33. The van der Waals surface area contributed by atoms with E-state index < -0.39 is 50.3 Å². The van der Waals surface area contributed by atoms with Crippen molar-refractivity contribution in [2.75, 3.05) is 5.32 Å². The number of rotatable bonds is 4. The van der Waals surface area contributed by atoms with Crippen molar-refractivity contribution in [3.8, 4) is 0 Å². The van der Waals surface area contributed by atoms with E-state index in [1.54, 1.807) is 0 Å². The van der Waals surface area contributed by atoms with Crippen LogP contribution in [0, 0.1) is 22.0 Å². The molecule has 10 heteroatoms. The Morgan fingerprint density at radius 1 is 0.865 bits per heavy atom.